The highest BCUT2D eigenvalue weighted by Gasteiger charge is 2.32. The van der Waals surface area contributed by atoms with Gasteiger partial charge < -0.3 is 20.3 Å². The molecule has 25 heavy (non-hydrogen) atoms. The molecule has 2 aromatic carbocycles. The Morgan fingerprint density at radius 2 is 2.08 bits per heavy atom. The van der Waals surface area contributed by atoms with Crippen LogP contribution in [0.2, 0.25) is 5.02 Å². The Bertz CT molecular complexity index is 855. The minimum atomic E-state index is -0.310. The van der Waals surface area contributed by atoms with Crippen LogP contribution in [0.15, 0.2) is 42.5 Å². The maximum absolute atomic E-state index is 12.7. The quantitative estimate of drug-likeness (QED) is 0.886. The molecule has 7 heteroatoms. The third-order valence-corrected chi connectivity index (χ3v) is 4.52. The van der Waals surface area contributed by atoms with Gasteiger partial charge in [-0.25, -0.2) is 0 Å². The van der Waals surface area contributed by atoms with E-state index in [2.05, 4.69) is 10.6 Å². The minimum absolute atomic E-state index is 0.00135. The van der Waals surface area contributed by atoms with E-state index in [0.717, 1.165) is 11.4 Å². The number of hydrogen-bond donors (Lipinski definition) is 2. The molecular weight excluding hydrogens is 342 g/mol. The second-order valence-electron chi connectivity index (χ2n) is 6.00. The summed E-state index contributed by atoms with van der Waals surface area (Å²) in [6.07, 6.45) is 0.694. The highest BCUT2D eigenvalue weighted by atomic mass is 35.5. The summed E-state index contributed by atoms with van der Waals surface area (Å²) >= 11 is 6.02. The molecule has 0 aromatic heterocycles. The van der Waals surface area contributed by atoms with Gasteiger partial charge in [0.1, 0.15) is 11.8 Å². The van der Waals surface area contributed by atoms with E-state index in [1.54, 1.807) is 29.2 Å². The fourth-order valence-electron chi connectivity index (χ4n) is 3.08. The zero-order chi connectivity index (χ0) is 17.4. The normalized spacial score (nSPS) is 19.2. The number of nitrogens with one attached hydrogen (secondary N) is 2. The first-order valence-corrected chi connectivity index (χ1v) is 8.38. The molecule has 6 nitrogen and oxygen atoms in total. The van der Waals surface area contributed by atoms with E-state index >= 15 is 0 Å². The summed E-state index contributed by atoms with van der Waals surface area (Å²) in [5.41, 5.74) is 2.22. The van der Waals surface area contributed by atoms with Crippen molar-refractivity contribution in [1.82, 2.24) is 0 Å². The third kappa shape index (κ3) is 3.13. The van der Waals surface area contributed by atoms with Gasteiger partial charge in [-0.15, -0.1) is 0 Å². The Labute approximate surface area is 149 Å². The number of rotatable bonds is 3. The average molecular weight is 358 g/mol. The van der Waals surface area contributed by atoms with Crippen molar-refractivity contribution in [2.45, 2.75) is 12.5 Å². The van der Waals surface area contributed by atoms with Crippen LogP contribution in [0, 0.1) is 0 Å². The van der Waals surface area contributed by atoms with Crippen molar-refractivity contribution in [2.75, 3.05) is 28.7 Å². The smallest absolute Gasteiger partial charge is 0.262 e. The number of ether oxygens (including phenoxy) is 1. The molecular formula is C18H16ClN3O3. The summed E-state index contributed by atoms with van der Waals surface area (Å²) in [5, 5.41) is 6.60. The van der Waals surface area contributed by atoms with E-state index in [0.29, 0.717) is 29.4 Å². The second-order valence-corrected chi connectivity index (χ2v) is 6.44. The van der Waals surface area contributed by atoms with Gasteiger partial charge in [0.15, 0.2) is 6.61 Å². The molecule has 2 aromatic rings. The first-order chi connectivity index (χ1) is 12.1. The number of benzene rings is 2. The van der Waals surface area contributed by atoms with Gasteiger partial charge in [-0.3, -0.25) is 9.59 Å². The molecule has 1 saturated heterocycles. The van der Waals surface area contributed by atoms with E-state index in [4.69, 9.17) is 16.3 Å². The van der Waals surface area contributed by atoms with Gasteiger partial charge in [0, 0.05) is 29.0 Å². The largest absolute Gasteiger partial charge is 0.482 e. The number of carbonyl (C=O) groups is 2. The maximum Gasteiger partial charge on any atom is 0.262 e. The van der Waals surface area contributed by atoms with E-state index < -0.39 is 0 Å². The Morgan fingerprint density at radius 3 is 2.92 bits per heavy atom. The van der Waals surface area contributed by atoms with Crippen molar-refractivity contribution < 1.29 is 14.3 Å². The van der Waals surface area contributed by atoms with Gasteiger partial charge >= 0.3 is 0 Å². The molecule has 0 spiro atoms. The lowest BCUT2D eigenvalue weighted by molar-refractivity contribution is -0.119. The van der Waals surface area contributed by atoms with Crippen LogP contribution >= 0.6 is 11.6 Å². The van der Waals surface area contributed by atoms with Crippen LogP contribution in [0.1, 0.15) is 6.42 Å². The highest BCUT2D eigenvalue weighted by Crippen LogP contribution is 2.32. The Balaban J connectivity index is 1.49. The number of fused-ring (bicyclic) bond motifs is 1. The molecule has 2 heterocycles. The van der Waals surface area contributed by atoms with Gasteiger partial charge in [0.05, 0.1) is 5.69 Å². The van der Waals surface area contributed by atoms with Crippen LogP contribution in [-0.4, -0.2) is 31.0 Å². The number of anilines is 3. The Morgan fingerprint density at radius 1 is 1.20 bits per heavy atom. The summed E-state index contributed by atoms with van der Waals surface area (Å²) in [5.74, 6) is 0.437. The van der Waals surface area contributed by atoms with Crippen molar-refractivity contribution in [1.29, 1.82) is 0 Å². The number of nitrogens with zero attached hydrogens (tertiary/aromatic N) is 1. The fraction of sp³-hybridized carbons (Fsp3) is 0.222. The molecule has 2 aliphatic rings. The maximum atomic E-state index is 12.7. The van der Waals surface area contributed by atoms with Crippen LogP contribution < -0.4 is 20.3 Å². The van der Waals surface area contributed by atoms with Crippen molar-refractivity contribution in [3.05, 3.63) is 47.5 Å². The van der Waals surface area contributed by atoms with Crippen LogP contribution in [0.5, 0.6) is 5.75 Å². The van der Waals surface area contributed by atoms with E-state index in [1.807, 2.05) is 18.2 Å². The number of carbonyl (C=O) groups excluding carboxylic acids is 2. The fourth-order valence-corrected chi connectivity index (χ4v) is 3.26. The summed E-state index contributed by atoms with van der Waals surface area (Å²) in [6, 6.07) is 12.4. The van der Waals surface area contributed by atoms with Crippen molar-refractivity contribution in [3.63, 3.8) is 0 Å². The molecule has 2 amide bonds. The van der Waals surface area contributed by atoms with Gasteiger partial charge in [-0.2, -0.15) is 0 Å². The monoisotopic (exact) mass is 357 g/mol. The molecule has 0 radical (unpaired) electrons. The van der Waals surface area contributed by atoms with E-state index in [1.165, 1.54) is 0 Å². The molecule has 0 bridgehead atoms. The number of amides is 2. The zero-order valence-electron chi connectivity index (χ0n) is 13.3. The highest BCUT2D eigenvalue weighted by molar-refractivity contribution is 6.31. The Hall–Kier alpha value is -2.73. The van der Waals surface area contributed by atoms with Crippen LogP contribution in [0.4, 0.5) is 17.1 Å². The molecule has 0 aliphatic carbocycles. The summed E-state index contributed by atoms with van der Waals surface area (Å²) < 4.78 is 5.41. The average Bonchev–Trinajstić information content (AvgIpc) is 2.96. The van der Waals surface area contributed by atoms with Crippen molar-refractivity contribution in [2.24, 2.45) is 0 Å². The molecule has 1 unspecified atom stereocenters. The predicted octanol–water partition coefficient (Wildman–Crippen LogP) is 2.89. The predicted molar refractivity (Wildman–Crippen MR) is 96.4 cm³/mol. The van der Waals surface area contributed by atoms with Crippen LogP contribution in [-0.2, 0) is 9.59 Å². The summed E-state index contributed by atoms with van der Waals surface area (Å²) in [4.78, 5) is 25.7. The first kappa shape index (κ1) is 15.8. The van der Waals surface area contributed by atoms with Gasteiger partial charge in [0.25, 0.3) is 5.91 Å². The van der Waals surface area contributed by atoms with Crippen LogP contribution in [0.25, 0.3) is 0 Å². The molecule has 2 N–H and O–H groups in total. The van der Waals surface area contributed by atoms with Gasteiger partial charge in [0.2, 0.25) is 5.91 Å². The third-order valence-electron chi connectivity index (χ3n) is 4.28. The molecule has 2 aliphatic heterocycles. The first-order valence-electron chi connectivity index (χ1n) is 8.00. The molecule has 128 valence electrons. The molecule has 0 saturated carbocycles. The second kappa shape index (κ2) is 6.29. The van der Waals surface area contributed by atoms with E-state index in [-0.39, 0.29) is 24.5 Å². The number of halogens is 1. The number of hydrogen-bond acceptors (Lipinski definition) is 4. The molecule has 1 fully saturated rings. The SMILES string of the molecule is O=C1COc2cc(NC3CCN(c4cccc(Cl)c4)C3=O)ccc2N1. The Kier molecular flexibility index (Phi) is 3.97. The zero-order valence-corrected chi connectivity index (χ0v) is 14.0. The lowest BCUT2D eigenvalue weighted by atomic mass is 10.2. The van der Waals surface area contributed by atoms with Gasteiger partial charge in [-0.1, -0.05) is 17.7 Å². The summed E-state index contributed by atoms with van der Waals surface area (Å²) in [6.45, 7) is 0.635. The van der Waals surface area contributed by atoms with Crippen LogP contribution in [0.3, 0.4) is 0 Å². The minimum Gasteiger partial charge on any atom is -0.482 e. The standard InChI is InChI=1S/C18H16ClN3O3/c19-11-2-1-3-13(8-11)22-7-6-15(18(22)24)20-12-4-5-14-16(9-12)25-10-17(23)21-14/h1-5,8-9,15,20H,6-7,10H2,(H,21,23). The lowest BCUT2D eigenvalue weighted by Gasteiger charge is -2.20. The van der Waals surface area contributed by atoms with Gasteiger partial charge in [-0.05, 0) is 36.8 Å². The van der Waals surface area contributed by atoms with E-state index in [9.17, 15) is 9.59 Å². The molecule has 4 rings (SSSR count). The molecule has 1 atom stereocenters. The topological polar surface area (TPSA) is 70.7 Å². The van der Waals surface area contributed by atoms with Crippen molar-refractivity contribution >= 4 is 40.5 Å². The van der Waals surface area contributed by atoms with Crippen molar-refractivity contribution in [3.8, 4) is 5.75 Å². The summed E-state index contributed by atoms with van der Waals surface area (Å²) in [7, 11) is 0. The lowest BCUT2D eigenvalue weighted by Crippen LogP contribution is -2.33.